The van der Waals surface area contributed by atoms with E-state index in [1.54, 1.807) is 0 Å². The molecule has 0 aromatic carbocycles. The molecule has 0 aromatic heterocycles. The van der Waals surface area contributed by atoms with Crippen LogP contribution in [0.5, 0.6) is 0 Å². The first kappa shape index (κ1) is 19.5. The van der Waals surface area contributed by atoms with Crippen LogP contribution in [0.4, 0.5) is 0 Å². The van der Waals surface area contributed by atoms with Gasteiger partial charge < -0.3 is 0 Å². The summed E-state index contributed by atoms with van der Waals surface area (Å²) in [4.78, 5) is 0. The highest BCUT2D eigenvalue weighted by Crippen LogP contribution is 2.22. The van der Waals surface area contributed by atoms with Crippen LogP contribution in [0, 0.1) is 5.92 Å². The minimum absolute atomic E-state index is 0.834. The Balaban J connectivity index is 0.000000361. The molecule has 0 aromatic rings. The Morgan fingerprint density at radius 1 is 0.800 bits per heavy atom. The first-order chi connectivity index (χ1) is 9.85. The number of allylic oxidation sites excluding steroid dienone is 2. The quantitative estimate of drug-likeness (QED) is 0.319. The van der Waals surface area contributed by atoms with Crippen LogP contribution in [-0.2, 0) is 0 Å². The fraction of sp³-hybridized carbons (Fsp3) is 0.800. The molecule has 1 aliphatic carbocycles. The van der Waals surface area contributed by atoms with Crippen molar-refractivity contribution in [3.63, 3.8) is 0 Å². The van der Waals surface area contributed by atoms with Gasteiger partial charge >= 0.3 is 0 Å². The SMILES string of the molecule is C=CC1CCCCCCC1.C=CCCCCCCCC. The van der Waals surface area contributed by atoms with E-state index >= 15 is 0 Å². The van der Waals surface area contributed by atoms with E-state index in [0.717, 1.165) is 5.92 Å². The maximum absolute atomic E-state index is 3.86. The highest BCUT2D eigenvalue weighted by Gasteiger charge is 2.06. The number of hydrogen-bond acceptors (Lipinski definition) is 0. The predicted molar refractivity (Wildman–Crippen MR) is 94.2 cm³/mol. The molecule has 0 spiro atoms. The van der Waals surface area contributed by atoms with Crippen molar-refractivity contribution in [2.75, 3.05) is 0 Å². The predicted octanol–water partition coefficient (Wildman–Crippen LogP) is 7.46. The zero-order valence-electron chi connectivity index (χ0n) is 14.0. The Bertz CT molecular complexity index is 196. The second-order valence-electron chi connectivity index (χ2n) is 6.19. The third kappa shape index (κ3) is 13.9. The molecule has 0 N–H and O–H groups in total. The number of unbranched alkanes of at least 4 members (excludes halogenated alkanes) is 6. The lowest BCUT2D eigenvalue weighted by atomic mass is 9.91. The van der Waals surface area contributed by atoms with E-state index in [9.17, 15) is 0 Å². The summed E-state index contributed by atoms with van der Waals surface area (Å²) < 4.78 is 0. The van der Waals surface area contributed by atoms with Gasteiger partial charge in [-0.3, -0.25) is 0 Å². The second-order valence-corrected chi connectivity index (χ2v) is 6.19. The molecule has 0 heteroatoms. The maximum atomic E-state index is 3.86. The Hall–Kier alpha value is -0.520. The monoisotopic (exact) mass is 278 g/mol. The molecular formula is C20H38. The van der Waals surface area contributed by atoms with Gasteiger partial charge in [-0.1, -0.05) is 83.3 Å². The Morgan fingerprint density at radius 2 is 1.35 bits per heavy atom. The lowest BCUT2D eigenvalue weighted by molar-refractivity contribution is 0.435. The van der Waals surface area contributed by atoms with E-state index in [2.05, 4.69) is 26.2 Å². The van der Waals surface area contributed by atoms with Crippen molar-refractivity contribution in [3.8, 4) is 0 Å². The molecule has 0 saturated heterocycles. The third-order valence-electron chi connectivity index (χ3n) is 4.24. The molecule has 0 unspecified atom stereocenters. The normalized spacial score (nSPS) is 16.4. The van der Waals surface area contributed by atoms with Gasteiger partial charge in [-0.25, -0.2) is 0 Å². The van der Waals surface area contributed by atoms with Gasteiger partial charge in [-0.2, -0.15) is 0 Å². The van der Waals surface area contributed by atoms with Crippen LogP contribution in [0.15, 0.2) is 25.3 Å². The van der Waals surface area contributed by atoms with Gasteiger partial charge in [-0.05, 0) is 31.6 Å². The molecule has 1 saturated carbocycles. The second kappa shape index (κ2) is 16.5. The molecule has 0 aliphatic heterocycles. The molecule has 0 heterocycles. The van der Waals surface area contributed by atoms with Crippen molar-refractivity contribution in [1.82, 2.24) is 0 Å². The molecule has 1 rings (SSSR count). The van der Waals surface area contributed by atoms with Crippen LogP contribution in [-0.4, -0.2) is 0 Å². The van der Waals surface area contributed by atoms with Crippen LogP contribution in [0.3, 0.4) is 0 Å². The summed E-state index contributed by atoms with van der Waals surface area (Å²) in [5.41, 5.74) is 0. The number of hydrogen-bond donors (Lipinski definition) is 0. The van der Waals surface area contributed by atoms with Gasteiger partial charge in [0.05, 0.1) is 0 Å². The average molecular weight is 279 g/mol. The Kier molecular flexibility index (Phi) is 16.1. The zero-order chi connectivity index (χ0) is 14.9. The largest absolute Gasteiger partial charge is 0.103 e. The highest BCUT2D eigenvalue weighted by molar-refractivity contribution is 4.79. The molecule has 0 bridgehead atoms. The van der Waals surface area contributed by atoms with Gasteiger partial charge in [0.2, 0.25) is 0 Å². The fourth-order valence-electron chi connectivity index (χ4n) is 2.79. The van der Waals surface area contributed by atoms with Crippen molar-refractivity contribution in [1.29, 1.82) is 0 Å². The Labute approximate surface area is 128 Å². The van der Waals surface area contributed by atoms with Gasteiger partial charge in [0.25, 0.3) is 0 Å². The van der Waals surface area contributed by atoms with E-state index in [1.807, 2.05) is 6.08 Å². The summed E-state index contributed by atoms with van der Waals surface area (Å²) in [5, 5.41) is 0. The fourth-order valence-corrected chi connectivity index (χ4v) is 2.79. The summed E-state index contributed by atoms with van der Waals surface area (Å²) in [6.45, 7) is 9.80. The zero-order valence-corrected chi connectivity index (χ0v) is 14.0. The van der Waals surface area contributed by atoms with Crippen LogP contribution in [0.25, 0.3) is 0 Å². The third-order valence-corrected chi connectivity index (χ3v) is 4.24. The van der Waals surface area contributed by atoms with Crippen molar-refractivity contribution in [3.05, 3.63) is 25.3 Å². The van der Waals surface area contributed by atoms with E-state index in [4.69, 9.17) is 0 Å². The molecule has 0 nitrogen and oxygen atoms in total. The summed E-state index contributed by atoms with van der Waals surface area (Å²) >= 11 is 0. The van der Waals surface area contributed by atoms with E-state index in [-0.39, 0.29) is 0 Å². The van der Waals surface area contributed by atoms with Gasteiger partial charge in [-0.15, -0.1) is 13.2 Å². The highest BCUT2D eigenvalue weighted by atomic mass is 14.1. The van der Waals surface area contributed by atoms with Crippen molar-refractivity contribution in [2.24, 2.45) is 5.92 Å². The van der Waals surface area contributed by atoms with Gasteiger partial charge in [0.1, 0.15) is 0 Å². The molecule has 118 valence electrons. The van der Waals surface area contributed by atoms with Crippen molar-refractivity contribution < 1.29 is 0 Å². The first-order valence-electron chi connectivity index (χ1n) is 9.08. The van der Waals surface area contributed by atoms with E-state index in [0.29, 0.717) is 0 Å². The standard InChI is InChI=1S/C10H18.C10H20/c1-2-10-8-6-4-3-5-7-9-10;1-3-5-7-9-10-8-6-4-2/h2,10H,1,3-9H2;3H,1,4-10H2,2H3. The first-order valence-corrected chi connectivity index (χ1v) is 9.08. The van der Waals surface area contributed by atoms with E-state index < -0.39 is 0 Å². The molecule has 1 fully saturated rings. The summed E-state index contributed by atoms with van der Waals surface area (Å²) in [6.07, 6.45) is 23.7. The summed E-state index contributed by atoms with van der Waals surface area (Å²) in [6, 6.07) is 0. The minimum Gasteiger partial charge on any atom is -0.103 e. The molecular weight excluding hydrogens is 240 g/mol. The topological polar surface area (TPSA) is 0 Å². The van der Waals surface area contributed by atoms with Crippen LogP contribution in [0.2, 0.25) is 0 Å². The summed E-state index contributed by atoms with van der Waals surface area (Å²) in [5.74, 6) is 0.834. The minimum atomic E-state index is 0.834. The smallest absolute Gasteiger partial charge is 0.0236 e. The lowest BCUT2D eigenvalue weighted by Gasteiger charge is -2.14. The van der Waals surface area contributed by atoms with Crippen LogP contribution < -0.4 is 0 Å². The summed E-state index contributed by atoms with van der Waals surface area (Å²) in [7, 11) is 0. The van der Waals surface area contributed by atoms with Crippen LogP contribution in [0.1, 0.15) is 96.8 Å². The molecule has 0 radical (unpaired) electrons. The molecule has 20 heavy (non-hydrogen) atoms. The van der Waals surface area contributed by atoms with E-state index in [1.165, 1.54) is 89.9 Å². The van der Waals surface area contributed by atoms with Crippen LogP contribution >= 0.6 is 0 Å². The number of rotatable bonds is 8. The maximum Gasteiger partial charge on any atom is -0.0236 e. The van der Waals surface area contributed by atoms with Gasteiger partial charge in [0, 0.05) is 0 Å². The molecule has 0 amide bonds. The Morgan fingerprint density at radius 3 is 1.90 bits per heavy atom. The van der Waals surface area contributed by atoms with Gasteiger partial charge in [0.15, 0.2) is 0 Å². The average Bonchev–Trinajstić information content (AvgIpc) is 2.43. The lowest BCUT2D eigenvalue weighted by Crippen LogP contribution is -1.99. The van der Waals surface area contributed by atoms with Crippen molar-refractivity contribution >= 4 is 0 Å². The van der Waals surface area contributed by atoms with Crippen molar-refractivity contribution in [2.45, 2.75) is 96.8 Å². The molecule has 1 aliphatic rings. The molecule has 0 atom stereocenters.